The SMILES string of the molecule is C/C=C/CCc1ccc2cc(C3CCC(CCCCC)CC3)c(F)c(F)c2c1F. The van der Waals surface area contributed by atoms with Gasteiger partial charge in [-0.25, -0.2) is 13.2 Å². The van der Waals surface area contributed by atoms with Crippen LogP contribution in [-0.2, 0) is 6.42 Å². The fourth-order valence-corrected chi connectivity index (χ4v) is 4.79. The molecule has 0 saturated heterocycles. The number of hydrogen-bond donors (Lipinski definition) is 0. The van der Waals surface area contributed by atoms with Crippen molar-refractivity contribution in [3.63, 3.8) is 0 Å². The second kappa shape index (κ2) is 10.3. The van der Waals surface area contributed by atoms with Crippen LogP contribution in [0.3, 0.4) is 0 Å². The van der Waals surface area contributed by atoms with Crippen molar-refractivity contribution < 1.29 is 13.2 Å². The lowest BCUT2D eigenvalue weighted by atomic mass is 9.76. The van der Waals surface area contributed by atoms with E-state index < -0.39 is 17.5 Å². The molecular formula is C26H33F3. The third-order valence-corrected chi connectivity index (χ3v) is 6.55. The Morgan fingerprint density at radius 1 is 0.966 bits per heavy atom. The third kappa shape index (κ3) is 5.05. The summed E-state index contributed by atoms with van der Waals surface area (Å²) in [5.74, 6) is -1.74. The van der Waals surface area contributed by atoms with Crippen LogP contribution < -0.4 is 0 Å². The molecule has 0 N–H and O–H groups in total. The lowest BCUT2D eigenvalue weighted by Gasteiger charge is -2.29. The topological polar surface area (TPSA) is 0 Å². The zero-order valence-electron chi connectivity index (χ0n) is 17.7. The summed E-state index contributed by atoms with van der Waals surface area (Å²) < 4.78 is 44.7. The number of rotatable bonds is 8. The lowest BCUT2D eigenvalue weighted by Crippen LogP contribution is -2.15. The maximum Gasteiger partial charge on any atom is 0.169 e. The number of benzene rings is 2. The van der Waals surface area contributed by atoms with Gasteiger partial charge in [0.25, 0.3) is 0 Å². The summed E-state index contributed by atoms with van der Waals surface area (Å²) in [6.07, 6.45) is 14.0. The molecule has 0 atom stereocenters. The molecule has 0 aromatic heterocycles. The highest BCUT2D eigenvalue weighted by molar-refractivity contribution is 5.85. The smallest absolute Gasteiger partial charge is 0.169 e. The van der Waals surface area contributed by atoms with Crippen molar-refractivity contribution >= 4 is 10.8 Å². The molecule has 1 aliphatic carbocycles. The van der Waals surface area contributed by atoms with Crippen molar-refractivity contribution in [1.82, 2.24) is 0 Å². The average molecular weight is 403 g/mol. The second-order valence-corrected chi connectivity index (χ2v) is 8.55. The van der Waals surface area contributed by atoms with Crippen LogP contribution in [0.1, 0.15) is 88.7 Å². The van der Waals surface area contributed by atoms with E-state index >= 15 is 0 Å². The van der Waals surface area contributed by atoms with Crippen molar-refractivity contribution in [3.05, 3.63) is 58.9 Å². The first-order valence-corrected chi connectivity index (χ1v) is 11.3. The van der Waals surface area contributed by atoms with Crippen LogP contribution >= 0.6 is 0 Å². The van der Waals surface area contributed by atoms with Crippen LogP contribution in [0.2, 0.25) is 0 Å². The summed E-state index contributed by atoms with van der Waals surface area (Å²) in [5, 5.41) is 0.272. The second-order valence-electron chi connectivity index (χ2n) is 8.55. The molecule has 1 fully saturated rings. The van der Waals surface area contributed by atoms with Crippen molar-refractivity contribution in [1.29, 1.82) is 0 Å². The zero-order valence-corrected chi connectivity index (χ0v) is 17.7. The van der Waals surface area contributed by atoms with E-state index in [2.05, 4.69) is 6.92 Å². The van der Waals surface area contributed by atoms with Gasteiger partial charge in [-0.2, -0.15) is 0 Å². The normalized spacial score (nSPS) is 20.0. The number of allylic oxidation sites excluding steroid dienone is 2. The maximum atomic E-state index is 14.9. The predicted molar refractivity (Wildman–Crippen MR) is 116 cm³/mol. The Hall–Kier alpha value is -1.77. The monoisotopic (exact) mass is 402 g/mol. The first-order chi connectivity index (χ1) is 14.1. The van der Waals surface area contributed by atoms with E-state index in [0.29, 0.717) is 35.3 Å². The van der Waals surface area contributed by atoms with Crippen molar-refractivity contribution in [2.75, 3.05) is 0 Å². The van der Waals surface area contributed by atoms with E-state index in [4.69, 9.17) is 0 Å². The highest BCUT2D eigenvalue weighted by Gasteiger charge is 2.27. The Kier molecular flexibility index (Phi) is 7.80. The Morgan fingerprint density at radius 3 is 2.41 bits per heavy atom. The molecule has 0 nitrogen and oxygen atoms in total. The van der Waals surface area contributed by atoms with Gasteiger partial charge >= 0.3 is 0 Å². The predicted octanol–water partition coefficient (Wildman–Crippen LogP) is 8.62. The van der Waals surface area contributed by atoms with Gasteiger partial charge in [-0.15, -0.1) is 0 Å². The molecule has 1 saturated carbocycles. The number of halogens is 3. The molecule has 3 rings (SSSR count). The Labute approximate surface area is 173 Å². The molecule has 2 aromatic rings. The Morgan fingerprint density at radius 2 is 1.72 bits per heavy atom. The van der Waals surface area contributed by atoms with E-state index in [9.17, 15) is 13.2 Å². The van der Waals surface area contributed by atoms with Crippen LogP contribution in [0.15, 0.2) is 30.4 Å². The van der Waals surface area contributed by atoms with E-state index in [0.717, 1.165) is 25.7 Å². The van der Waals surface area contributed by atoms with Gasteiger partial charge in [-0.05, 0) is 79.9 Å². The minimum Gasteiger partial charge on any atom is -0.206 e. The third-order valence-electron chi connectivity index (χ3n) is 6.55. The first kappa shape index (κ1) is 21.9. The van der Waals surface area contributed by atoms with Crippen LogP contribution in [0, 0.1) is 23.4 Å². The molecule has 0 radical (unpaired) electrons. The minimum atomic E-state index is -1.02. The van der Waals surface area contributed by atoms with Gasteiger partial charge in [0, 0.05) is 0 Å². The molecule has 3 heteroatoms. The van der Waals surface area contributed by atoms with Crippen molar-refractivity contribution in [2.24, 2.45) is 5.92 Å². The van der Waals surface area contributed by atoms with Gasteiger partial charge in [0.2, 0.25) is 0 Å². The largest absolute Gasteiger partial charge is 0.206 e. The molecule has 158 valence electrons. The summed E-state index contributed by atoms with van der Waals surface area (Å²) in [6.45, 7) is 4.12. The molecule has 0 aliphatic heterocycles. The summed E-state index contributed by atoms with van der Waals surface area (Å²) in [4.78, 5) is 0. The molecule has 0 spiro atoms. The lowest BCUT2D eigenvalue weighted by molar-refractivity contribution is 0.298. The van der Waals surface area contributed by atoms with Crippen molar-refractivity contribution in [3.8, 4) is 0 Å². The molecule has 0 bridgehead atoms. The summed E-state index contributed by atoms with van der Waals surface area (Å²) >= 11 is 0. The highest BCUT2D eigenvalue weighted by Crippen LogP contribution is 2.41. The van der Waals surface area contributed by atoms with Crippen molar-refractivity contribution in [2.45, 2.75) is 84.0 Å². The highest BCUT2D eigenvalue weighted by atomic mass is 19.2. The maximum absolute atomic E-state index is 14.9. The van der Waals surface area contributed by atoms with Crippen LogP contribution in [0.5, 0.6) is 0 Å². The molecule has 0 unspecified atom stereocenters. The van der Waals surface area contributed by atoms with E-state index in [-0.39, 0.29) is 11.3 Å². The van der Waals surface area contributed by atoms with Gasteiger partial charge in [-0.3, -0.25) is 0 Å². The number of aryl methyl sites for hydroxylation is 1. The quantitative estimate of drug-likeness (QED) is 0.306. The molecule has 29 heavy (non-hydrogen) atoms. The van der Waals surface area contributed by atoms with Gasteiger partial charge < -0.3 is 0 Å². The fourth-order valence-electron chi connectivity index (χ4n) is 4.79. The van der Waals surface area contributed by atoms with E-state index in [1.807, 2.05) is 19.1 Å². The number of unbranched alkanes of at least 4 members (excludes halogenated alkanes) is 2. The van der Waals surface area contributed by atoms with Gasteiger partial charge in [0.05, 0.1) is 5.39 Å². The van der Waals surface area contributed by atoms with Crippen LogP contribution in [-0.4, -0.2) is 0 Å². The Bertz CT molecular complexity index is 845. The summed E-state index contributed by atoms with van der Waals surface area (Å²) in [6, 6.07) is 5.15. The number of fused-ring (bicyclic) bond motifs is 1. The zero-order chi connectivity index (χ0) is 20.8. The molecule has 2 aromatic carbocycles. The molecular weight excluding hydrogens is 369 g/mol. The molecule has 0 amide bonds. The van der Waals surface area contributed by atoms with E-state index in [1.165, 1.54) is 25.7 Å². The van der Waals surface area contributed by atoms with Gasteiger partial charge in [-0.1, -0.05) is 56.9 Å². The summed E-state index contributed by atoms with van der Waals surface area (Å²) in [7, 11) is 0. The molecule has 1 aliphatic rings. The summed E-state index contributed by atoms with van der Waals surface area (Å²) in [5.41, 5.74) is 0.873. The fraction of sp³-hybridized carbons (Fsp3) is 0.538. The Balaban J connectivity index is 1.80. The average Bonchev–Trinajstić information content (AvgIpc) is 2.73. The van der Waals surface area contributed by atoms with Gasteiger partial charge in [0.1, 0.15) is 5.82 Å². The standard InChI is InChI=1S/C26H33F3/c1-3-5-7-9-18-11-13-19(14-12-18)22-17-21-16-15-20(10-8-6-4-2)24(27)23(21)26(29)25(22)28/h4,6,15-19H,3,5,7-14H2,1-2H3/b6-4+. The number of hydrogen-bond acceptors (Lipinski definition) is 0. The van der Waals surface area contributed by atoms with Crippen LogP contribution in [0.4, 0.5) is 13.2 Å². The van der Waals surface area contributed by atoms with E-state index in [1.54, 1.807) is 18.2 Å². The minimum absolute atomic E-state index is 0.0359. The molecule has 0 heterocycles. The van der Waals surface area contributed by atoms with Crippen LogP contribution in [0.25, 0.3) is 10.8 Å². The van der Waals surface area contributed by atoms with Gasteiger partial charge in [0.15, 0.2) is 11.6 Å². The first-order valence-electron chi connectivity index (χ1n) is 11.3.